The summed E-state index contributed by atoms with van der Waals surface area (Å²) in [5.74, 6) is 2.86. The van der Waals surface area contributed by atoms with Gasteiger partial charge in [-0.15, -0.1) is 0 Å². The summed E-state index contributed by atoms with van der Waals surface area (Å²) < 4.78 is 22.3. The number of hydrogen-bond donors (Lipinski definition) is 0. The molecule has 0 atom stereocenters. The second-order valence-electron chi connectivity index (χ2n) is 3.38. The number of hydrogen-bond acceptors (Lipinski definition) is 3. The van der Waals surface area contributed by atoms with Gasteiger partial charge >= 0.3 is 7.60 Å². The summed E-state index contributed by atoms with van der Waals surface area (Å²) in [6, 6.07) is 7.66. The van der Waals surface area contributed by atoms with E-state index in [1.807, 2.05) is 31.2 Å². The maximum Gasteiger partial charge on any atom is 0.405 e. The van der Waals surface area contributed by atoms with Gasteiger partial charge in [0.1, 0.15) is 0 Å². The molecular weight excluding hydrogens is 235 g/mol. The minimum atomic E-state index is -3.27. The molecule has 0 N–H and O–H groups in total. The molecule has 0 aliphatic carbocycles. The fourth-order valence-corrected chi connectivity index (χ4v) is 2.42. The molecule has 0 amide bonds. The highest BCUT2D eigenvalue weighted by Crippen LogP contribution is 2.46. The zero-order valence-electron chi connectivity index (χ0n) is 10.4. The van der Waals surface area contributed by atoms with Crippen molar-refractivity contribution in [2.45, 2.75) is 20.8 Å². The SMILES string of the molecule is CCOP(=O)(C#Cc1ccccc1C)OCC. The highest BCUT2D eigenvalue weighted by Gasteiger charge is 2.19. The van der Waals surface area contributed by atoms with Crippen LogP contribution in [0.3, 0.4) is 0 Å². The van der Waals surface area contributed by atoms with Gasteiger partial charge in [0.15, 0.2) is 0 Å². The first-order valence-corrected chi connectivity index (χ1v) is 7.13. The van der Waals surface area contributed by atoms with Crippen molar-refractivity contribution in [3.63, 3.8) is 0 Å². The van der Waals surface area contributed by atoms with Gasteiger partial charge in [0, 0.05) is 11.2 Å². The van der Waals surface area contributed by atoms with Crippen molar-refractivity contribution in [2.75, 3.05) is 13.2 Å². The molecule has 0 fully saturated rings. The Balaban J connectivity index is 2.96. The molecule has 0 unspecified atom stereocenters. The second-order valence-corrected chi connectivity index (χ2v) is 5.12. The van der Waals surface area contributed by atoms with Crippen LogP contribution in [-0.2, 0) is 13.6 Å². The lowest BCUT2D eigenvalue weighted by atomic mass is 10.1. The standard InChI is InChI=1S/C13H17O3P/c1-4-15-17(14,16-5-2)11-10-13-9-7-6-8-12(13)3/h6-9H,4-5H2,1-3H3. The zero-order chi connectivity index (χ0) is 12.7. The Labute approximate surface area is 103 Å². The van der Waals surface area contributed by atoms with E-state index in [0.717, 1.165) is 11.1 Å². The van der Waals surface area contributed by atoms with E-state index in [1.54, 1.807) is 13.8 Å². The molecule has 92 valence electrons. The predicted molar refractivity (Wildman–Crippen MR) is 68.9 cm³/mol. The predicted octanol–water partition coefficient (Wildman–Crippen LogP) is 3.57. The van der Waals surface area contributed by atoms with Gasteiger partial charge < -0.3 is 0 Å². The van der Waals surface area contributed by atoms with Gasteiger partial charge in [-0.3, -0.25) is 9.05 Å². The van der Waals surface area contributed by atoms with Crippen LogP contribution in [0.25, 0.3) is 0 Å². The van der Waals surface area contributed by atoms with Gasteiger partial charge in [-0.1, -0.05) is 24.1 Å². The molecule has 1 aromatic rings. The molecule has 0 radical (unpaired) electrons. The number of aryl methyl sites for hydroxylation is 1. The van der Waals surface area contributed by atoms with E-state index in [2.05, 4.69) is 11.6 Å². The number of benzene rings is 1. The Hall–Kier alpha value is -1.07. The normalized spacial score (nSPS) is 10.8. The minimum Gasteiger partial charge on any atom is -0.300 e. The Kier molecular flexibility index (Phi) is 5.44. The molecular formula is C13H17O3P. The molecule has 0 saturated carbocycles. The topological polar surface area (TPSA) is 35.5 Å². The van der Waals surface area contributed by atoms with Crippen LogP contribution in [0.5, 0.6) is 0 Å². The van der Waals surface area contributed by atoms with E-state index in [0.29, 0.717) is 13.2 Å². The van der Waals surface area contributed by atoms with Crippen molar-refractivity contribution in [1.29, 1.82) is 0 Å². The summed E-state index contributed by atoms with van der Waals surface area (Å²) in [6.07, 6.45) is 0. The van der Waals surface area contributed by atoms with Crippen molar-refractivity contribution in [1.82, 2.24) is 0 Å². The molecule has 1 aromatic carbocycles. The van der Waals surface area contributed by atoms with Crippen LogP contribution in [0.2, 0.25) is 0 Å². The minimum absolute atomic E-state index is 0.319. The summed E-state index contributed by atoms with van der Waals surface area (Å²) in [5, 5.41) is 0. The highest BCUT2D eigenvalue weighted by atomic mass is 31.2. The van der Waals surface area contributed by atoms with Crippen LogP contribution < -0.4 is 0 Å². The molecule has 0 aliphatic rings. The third-order valence-corrected chi connectivity index (χ3v) is 3.65. The lowest BCUT2D eigenvalue weighted by Crippen LogP contribution is -1.93. The fourth-order valence-electron chi connectivity index (χ4n) is 1.28. The zero-order valence-corrected chi connectivity index (χ0v) is 11.3. The molecule has 0 bridgehead atoms. The van der Waals surface area contributed by atoms with E-state index in [4.69, 9.17) is 9.05 Å². The van der Waals surface area contributed by atoms with Crippen LogP contribution in [0.15, 0.2) is 24.3 Å². The quantitative estimate of drug-likeness (QED) is 0.607. The Morgan fingerprint density at radius 1 is 1.18 bits per heavy atom. The summed E-state index contributed by atoms with van der Waals surface area (Å²) in [6.45, 7) is 6.12. The van der Waals surface area contributed by atoms with Crippen molar-refractivity contribution in [3.05, 3.63) is 35.4 Å². The molecule has 1 rings (SSSR count). The van der Waals surface area contributed by atoms with Crippen LogP contribution in [0, 0.1) is 18.5 Å². The first kappa shape index (κ1) is 14.0. The van der Waals surface area contributed by atoms with E-state index in [-0.39, 0.29) is 0 Å². The maximum atomic E-state index is 12.1. The molecule has 3 nitrogen and oxygen atoms in total. The summed E-state index contributed by atoms with van der Waals surface area (Å²) >= 11 is 0. The molecule has 0 heterocycles. The van der Waals surface area contributed by atoms with E-state index >= 15 is 0 Å². The van der Waals surface area contributed by atoms with Gasteiger partial charge in [-0.2, -0.15) is 0 Å². The van der Waals surface area contributed by atoms with Gasteiger partial charge in [0.2, 0.25) is 0 Å². The first-order valence-electron chi connectivity index (χ1n) is 5.59. The smallest absolute Gasteiger partial charge is 0.300 e. The lowest BCUT2D eigenvalue weighted by molar-refractivity contribution is 0.230. The van der Waals surface area contributed by atoms with Crippen LogP contribution in [-0.4, -0.2) is 13.2 Å². The summed E-state index contributed by atoms with van der Waals surface area (Å²) in [4.78, 5) is 0. The lowest BCUT2D eigenvalue weighted by Gasteiger charge is -2.09. The molecule has 0 saturated heterocycles. The molecule has 0 aliphatic heterocycles. The van der Waals surface area contributed by atoms with Crippen molar-refractivity contribution in [3.8, 4) is 11.6 Å². The maximum absolute atomic E-state index is 12.1. The third-order valence-electron chi connectivity index (χ3n) is 2.07. The van der Waals surface area contributed by atoms with Crippen molar-refractivity contribution < 1.29 is 13.6 Å². The molecule has 17 heavy (non-hydrogen) atoms. The average molecular weight is 252 g/mol. The largest absolute Gasteiger partial charge is 0.405 e. The Morgan fingerprint density at radius 2 is 1.76 bits per heavy atom. The summed E-state index contributed by atoms with van der Waals surface area (Å²) in [5.41, 5.74) is 4.50. The van der Waals surface area contributed by atoms with Crippen molar-refractivity contribution in [2.24, 2.45) is 0 Å². The fraction of sp³-hybridized carbons (Fsp3) is 0.385. The third kappa shape index (κ3) is 4.36. The van der Waals surface area contributed by atoms with Crippen LogP contribution >= 0.6 is 7.60 Å². The number of rotatable bonds is 4. The monoisotopic (exact) mass is 252 g/mol. The average Bonchev–Trinajstić information content (AvgIpc) is 2.29. The van der Waals surface area contributed by atoms with Gasteiger partial charge in [-0.05, 0) is 32.4 Å². The van der Waals surface area contributed by atoms with E-state index in [1.165, 1.54) is 0 Å². The van der Waals surface area contributed by atoms with E-state index in [9.17, 15) is 4.57 Å². The van der Waals surface area contributed by atoms with Gasteiger partial charge in [-0.25, -0.2) is 4.57 Å². The summed E-state index contributed by atoms with van der Waals surface area (Å²) in [7, 11) is -3.27. The van der Waals surface area contributed by atoms with Crippen LogP contribution in [0.1, 0.15) is 25.0 Å². The Morgan fingerprint density at radius 3 is 2.29 bits per heavy atom. The van der Waals surface area contributed by atoms with Gasteiger partial charge in [0.25, 0.3) is 0 Å². The Bertz CT molecular complexity index is 461. The van der Waals surface area contributed by atoms with E-state index < -0.39 is 7.60 Å². The van der Waals surface area contributed by atoms with Gasteiger partial charge in [0.05, 0.1) is 13.2 Å². The molecule has 0 spiro atoms. The second kappa shape index (κ2) is 6.61. The first-order chi connectivity index (χ1) is 8.11. The molecule has 0 aromatic heterocycles. The van der Waals surface area contributed by atoms with Crippen molar-refractivity contribution >= 4 is 7.60 Å². The highest BCUT2D eigenvalue weighted by molar-refractivity contribution is 7.59. The van der Waals surface area contributed by atoms with Crippen LogP contribution in [0.4, 0.5) is 0 Å². The molecule has 4 heteroatoms.